The van der Waals surface area contributed by atoms with Crippen LogP contribution in [0.5, 0.6) is 0 Å². The van der Waals surface area contributed by atoms with E-state index in [9.17, 15) is 27.9 Å². The summed E-state index contributed by atoms with van der Waals surface area (Å²) in [5.74, 6) is -6.60. The maximum absolute atomic E-state index is 13.6. The van der Waals surface area contributed by atoms with E-state index in [1.54, 1.807) is 0 Å². The van der Waals surface area contributed by atoms with Gasteiger partial charge in [0, 0.05) is 25.2 Å². The molecule has 0 saturated carbocycles. The number of hydrogen-bond donors (Lipinski definition) is 2. The van der Waals surface area contributed by atoms with E-state index in [4.69, 9.17) is 4.43 Å². The molecule has 0 saturated heterocycles. The second kappa shape index (κ2) is 8.21. The first-order valence-corrected chi connectivity index (χ1v) is 11.0. The highest BCUT2D eigenvalue weighted by Crippen LogP contribution is 2.36. The fourth-order valence-corrected chi connectivity index (χ4v) is 2.96. The summed E-state index contributed by atoms with van der Waals surface area (Å²) in [7, 11) is -2.10. The van der Waals surface area contributed by atoms with Crippen molar-refractivity contribution < 1.29 is 32.3 Å². The Labute approximate surface area is 151 Å². The van der Waals surface area contributed by atoms with E-state index in [-0.39, 0.29) is 18.1 Å². The van der Waals surface area contributed by atoms with Gasteiger partial charge in [-0.15, -0.1) is 0 Å². The quantitative estimate of drug-likeness (QED) is 0.695. The van der Waals surface area contributed by atoms with Crippen molar-refractivity contribution in [3.8, 4) is 0 Å². The topological polar surface area (TPSA) is 75.6 Å². The number of aliphatic carboxylic acids is 1. The SMILES string of the molecule is CC(C)(C)[Si](C)(C)OCC[C@H](NC(=O)c1c(F)cc(F)cc1F)C(=O)O. The van der Waals surface area contributed by atoms with Gasteiger partial charge < -0.3 is 14.8 Å². The summed E-state index contributed by atoms with van der Waals surface area (Å²) in [5, 5.41) is 11.2. The van der Waals surface area contributed by atoms with Gasteiger partial charge in [-0.05, 0) is 18.1 Å². The minimum absolute atomic E-state index is 0.0714. The van der Waals surface area contributed by atoms with Crippen molar-refractivity contribution in [2.75, 3.05) is 6.61 Å². The number of nitrogens with one attached hydrogen (secondary N) is 1. The van der Waals surface area contributed by atoms with Crippen molar-refractivity contribution >= 4 is 20.2 Å². The van der Waals surface area contributed by atoms with Gasteiger partial charge in [-0.2, -0.15) is 0 Å². The number of hydrogen-bond acceptors (Lipinski definition) is 3. The van der Waals surface area contributed by atoms with Gasteiger partial charge in [0.1, 0.15) is 29.1 Å². The van der Waals surface area contributed by atoms with E-state index >= 15 is 0 Å². The molecular formula is C17H24F3NO4Si. The summed E-state index contributed by atoms with van der Waals surface area (Å²) in [6, 6.07) is -0.682. The minimum Gasteiger partial charge on any atom is -0.480 e. The Hall–Kier alpha value is -1.87. The first-order chi connectivity index (χ1) is 11.8. The zero-order valence-corrected chi connectivity index (χ0v) is 16.5. The predicted octanol–water partition coefficient (Wildman–Crippen LogP) is 3.70. The molecule has 2 N–H and O–H groups in total. The molecule has 1 aromatic rings. The molecule has 26 heavy (non-hydrogen) atoms. The molecule has 0 spiro atoms. The van der Waals surface area contributed by atoms with Crippen LogP contribution < -0.4 is 5.32 Å². The largest absolute Gasteiger partial charge is 0.480 e. The van der Waals surface area contributed by atoms with Gasteiger partial charge in [-0.3, -0.25) is 4.79 Å². The first kappa shape index (κ1) is 22.2. The molecule has 9 heteroatoms. The molecule has 0 aliphatic heterocycles. The van der Waals surface area contributed by atoms with E-state index in [0.717, 1.165) is 0 Å². The van der Waals surface area contributed by atoms with Crippen molar-refractivity contribution in [2.24, 2.45) is 0 Å². The van der Waals surface area contributed by atoms with Gasteiger partial charge in [0.15, 0.2) is 8.32 Å². The lowest BCUT2D eigenvalue weighted by atomic mass is 10.1. The summed E-state index contributed by atoms with van der Waals surface area (Å²) >= 11 is 0. The van der Waals surface area contributed by atoms with Crippen LogP contribution >= 0.6 is 0 Å². The highest BCUT2D eigenvalue weighted by Gasteiger charge is 2.37. The van der Waals surface area contributed by atoms with Crippen molar-refractivity contribution in [3.05, 3.63) is 35.1 Å². The van der Waals surface area contributed by atoms with Crippen LogP contribution in [0.2, 0.25) is 18.1 Å². The van der Waals surface area contributed by atoms with Gasteiger partial charge in [0.05, 0.1) is 0 Å². The van der Waals surface area contributed by atoms with Crippen LogP contribution in [0.3, 0.4) is 0 Å². The Bertz CT molecular complexity index is 666. The van der Waals surface area contributed by atoms with E-state index in [1.807, 2.05) is 33.9 Å². The molecule has 1 rings (SSSR count). The molecule has 0 aliphatic carbocycles. The number of halogens is 3. The van der Waals surface area contributed by atoms with Gasteiger partial charge in [-0.1, -0.05) is 20.8 Å². The van der Waals surface area contributed by atoms with E-state index in [2.05, 4.69) is 5.32 Å². The number of amides is 1. The highest BCUT2D eigenvalue weighted by molar-refractivity contribution is 6.74. The van der Waals surface area contributed by atoms with Crippen LogP contribution in [0, 0.1) is 17.5 Å². The van der Waals surface area contributed by atoms with E-state index in [0.29, 0.717) is 12.1 Å². The van der Waals surface area contributed by atoms with Crippen molar-refractivity contribution in [1.29, 1.82) is 0 Å². The van der Waals surface area contributed by atoms with E-state index in [1.165, 1.54) is 0 Å². The summed E-state index contributed by atoms with van der Waals surface area (Å²) in [6.07, 6.45) is -0.0714. The maximum Gasteiger partial charge on any atom is 0.326 e. The third-order valence-corrected chi connectivity index (χ3v) is 9.05. The highest BCUT2D eigenvalue weighted by atomic mass is 28.4. The van der Waals surface area contributed by atoms with Crippen LogP contribution in [0.1, 0.15) is 37.6 Å². The molecule has 146 valence electrons. The second-order valence-corrected chi connectivity index (χ2v) is 12.3. The van der Waals surface area contributed by atoms with Crippen molar-refractivity contribution in [2.45, 2.75) is 51.4 Å². The Morgan fingerprint density at radius 2 is 1.69 bits per heavy atom. The molecule has 0 aromatic heterocycles. The van der Waals surface area contributed by atoms with Crippen LogP contribution in [0.25, 0.3) is 0 Å². The second-order valence-electron chi connectivity index (χ2n) is 7.51. The molecule has 0 unspecified atom stereocenters. The Kier molecular flexibility index (Phi) is 7.00. The Balaban J connectivity index is 2.81. The smallest absolute Gasteiger partial charge is 0.326 e. The third-order valence-electron chi connectivity index (χ3n) is 4.51. The van der Waals surface area contributed by atoms with Crippen LogP contribution in [-0.2, 0) is 9.22 Å². The van der Waals surface area contributed by atoms with Gasteiger partial charge in [0.2, 0.25) is 0 Å². The summed E-state index contributed by atoms with van der Waals surface area (Å²) in [5.41, 5.74) is -1.03. The molecule has 0 bridgehead atoms. The molecule has 0 radical (unpaired) electrons. The summed E-state index contributed by atoms with van der Waals surface area (Å²) < 4.78 is 46.1. The number of carboxylic acids is 1. The molecule has 0 heterocycles. The Morgan fingerprint density at radius 1 is 1.19 bits per heavy atom. The van der Waals surface area contributed by atoms with Gasteiger partial charge >= 0.3 is 5.97 Å². The summed E-state index contributed by atoms with van der Waals surface area (Å²) in [4.78, 5) is 23.4. The number of carboxylic acid groups (broad SMARTS) is 1. The average Bonchev–Trinajstić information content (AvgIpc) is 2.43. The zero-order valence-electron chi connectivity index (χ0n) is 15.5. The molecule has 0 fully saturated rings. The molecule has 5 nitrogen and oxygen atoms in total. The van der Waals surface area contributed by atoms with Gasteiger partial charge in [0.25, 0.3) is 5.91 Å². The van der Waals surface area contributed by atoms with Crippen molar-refractivity contribution in [3.63, 3.8) is 0 Å². The van der Waals surface area contributed by atoms with E-state index < -0.39 is 49.3 Å². The van der Waals surface area contributed by atoms with Crippen LogP contribution in [0.15, 0.2) is 12.1 Å². The standard InChI is InChI=1S/C17H24F3NO4Si/c1-17(2,3)26(4,5)25-7-6-13(16(23)24)21-15(22)14-11(19)8-10(18)9-12(14)20/h8-9,13H,6-7H2,1-5H3,(H,21,22)(H,23,24)/t13-/m0/s1. The lowest BCUT2D eigenvalue weighted by molar-refractivity contribution is -0.139. The van der Waals surface area contributed by atoms with Crippen LogP contribution in [-0.4, -0.2) is 37.9 Å². The first-order valence-electron chi connectivity index (χ1n) is 8.08. The van der Waals surface area contributed by atoms with Crippen molar-refractivity contribution in [1.82, 2.24) is 5.32 Å². The normalized spacial score (nSPS) is 13.4. The monoisotopic (exact) mass is 391 g/mol. The minimum atomic E-state index is -2.10. The fraction of sp³-hybridized carbons (Fsp3) is 0.529. The molecule has 1 aromatic carbocycles. The van der Waals surface area contributed by atoms with Crippen LogP contribution in [0.4, 0.5) is 13.2 Å². The lowest BCUT2D eigenvalue weighted by Crippen LogP contribution is -2.45. The lowest BCUT2D eigenvalue weighted by Gasteiger charge is -2.36. The molecule has 0 aliphatic rings. The number of benzene rings is 1. The zero-order chi connectivity index (χ0) is 20.3. The maximum atomic E-state index is 13.6. The third kappa shape index (κ3) is 5.57. The summed E-state index contributed by atoms with van der Waals surface area (Å²) in [6.45, 7) is 10.1. The number of carbonyl (C=O) groups is 2. The molecule has 1 atom stereocenters. The number of carbonyl (C=O) groups excluding carboxylic acids is 1. The molecular weight excluding hydrogens is 367 g/mol. The Morgan fingerprint density at radius 3 is 2.12 bits per heavy atom. The predicted molar refractivity (Wildman–Crippen MR) is 93.0 cm³/mol. The fourth-order valence-electron chi connectivity index (χ4n) is 1.90. The van der Waals surface area contributed by atoms with Gasteiger partial charge in [-0.25, -0.2) is 18.0 Å². The number of rotatable bonds is 7. The molecule has 1 amide bonds. The average molecular weight is 391 g/mol.